The highest BCUT2D eigenvalue weighted by molar-refractivity contribution is 6.07. The fraction of sp³-hybridized carbons (Fsp3) is 0.900. The first-order valence-corrected chi connectivity index (χ1v) is 19.9. The van der Waals surface area contributed by atoms with E-state index in [0.717, 1.165) is 51.4 Å². The van der Waals surface area contributed by atoms with Crippen LogP contribution >= 0.6 is 0 Å². The molecule has 0 aliphatic heterocycles. The van der Waals surface area contributed by atoms with E-state index in [1.54, 1.807) is 13.8 Å². The Morgan fingerprint density at radius 2 is 0.596 bits per heavy atom. The number of hydrogen-bond acceptors (Lipinski definition) is 5. The van der Waals surface area contributed by atoms with Gasteiger partial charge in [-0.2, -0.15) is 0 Å². The predicted octanol–water partition coefficient (Wildman–Crippen LogP) is 12.0. The van der Waals surface area contributed by atoms with E-state index in [2.05, 4.69) is 13.8 Å². The van der Waals surface area contributed by atoms with Crippen molar-refractivity contribution in [2.24, 2.45) is 10.8 Å². The minimum atomic E-state index is -1.85. The summed E-state index contributed by atoms with van der Waals surface area (Å²) in [7, 11) is 0. The van der Waals surface area contributed by atoms with Gasteiger partial charge in [-0.3, -0.25) is 19.2 Å². The number of carbonyl (C=O) groups is 4. The maximum absolute atomic E-state index is 13.3. The SMILES string of the molecule is CCCCCCCCCCCCCCCC(CC)(C(=O)O)C(=O)OC(=O)C(CC)(CCCCCCCCCCCCCCC)C(=O)O. The normalized spacial score (nSPS) is 14.0. The highest BCUT2D eigenvalue weighted by Crippen LogP contribution is 2.36. The van der Waals surface area contributed by atoms with Gasteiger partial charge in [0.1, 0.15) is 0 Å². The molecular weight excluding hydrogens is 592 g/mol. The largest absolute Gasteiger partial charge is 0.480 e. The van der Waals surface area contributed by atoms with Gasteiger partial charge in [0.25, 0.3) is 0 Å². The quantitative estimate of drug-likeness (QED) is 0.0398. The number of esters is 2. The predicted molar refractivity (Wildman–Crippen MR) is 192 cm³/mol. The minimum Gasteiger partial charge on any atom is -0.480 e. The molecule has 47 heavy (non-hydrogen) atoms. The summed E-state index contributed by atoms with van der Waals surface area (Å²) in [5.74, 6) is -4.88. The Morgan fingerprint density at radius 3 is 0.787 bits per heavy atom. The van der Waals surface area contributed by atoms with Gasteiger partial charge in [0.2, 0.25) is 0 Å². The second-order valence-electron chi connectivity index (χ2n) is 14.1. The molecule has 0 aliphatic carbocycles. The van der Waals surface area contributed by atoms with Crippen molar-refractivity contribution in [3.8, 4) is 0 Å². The second-order valence-corrected chi connectivity index (χ2v) is 14.1. The van der Waals surface area contributed by atoms with Crippen LogP contribution in [-0.4, -0.2) is 34.1 Å². The van der Waals surface area contributed by atoms with Crippen molar-refractivity contribution in [3.05, 3.63) is 0 Å². The third kappa shape index (κ3) is 19.0. The monoisotopic (exact) mass is 667 g/mol. The Labute approximate surface area is 288 Å². The van der Waals surface area contributed by atoms with Gasteiger partial charge in [-0.25, -0.2) is 0 Å². The van der Waals surface area contributed by atoms with Gasteiger partial charge in [0.05, 0.1) is 0 Å². The maximum atomic E-state index is 13.3. The number of carboxylic acid groups (broad SMARTS) is 2. The Balaban J connectivity index is 4.65. The molecule has 0 heterocycles. The lowest BCUT2D eigenvalue weighted by Gasteiger charge is -2.29. The van der Waals surface area contributed by atoms with Gasteiger partial charge in [-0.15, -0.1) is 0 Å². The minimum absolute atomic E-state index is 0.0161. The summed E-state index contributed by atoms with van der Waals surface area (Å²) in [5.41, 5.74) is -3.69. The van der Waals surface area contributed by atoms with Gasteiger partial charge in [0.15, 0.2) is 10.8 Å². The van der Waals surface area contributed by atoms with E-state index in [0.29, 0.717) is 12.8 Å². The third-order valence-corrected chi connectivity index (χ3v) is 10.4. The Kier molecular flexibility index (Phi) is 27.8. The topological polar surface area (TPSA) is 118 Å². The molecule has 2 N–H and O–H groups in total. The molecular formula is C40H74O7. The Hall–Kier alpha value is -1.92. The molecule has 7 nitrogen and oxygen atoms in total. The molecule has 0 saturated carbocycles. The van der Waals surface area contributed by atoms with E-state index < -0.39 is 34.7 Å². The lowest BCUT2D eigenvalue weighted by molar-refractivity contribution is -0.183. The van der Waals surface area contributed by atoms with Crippen molar-refractivity contribution in [2.45, 2.75) is 220 Å². The lowest BCUT2D eigenvalue weighted by atomic mass is 9.78. The zero-order valence-corrected chi connectivity index (χ0v) is 31.1. The van der Waals surface area contributed by atoms with E-state index in [9.17, 15) is 29.4 Å². The Morgan fingerprint density at radius 1 is 0.383 bits per heavy atom. The van der Waals surface area contributed by atoms with Crippen molar-refractivity contribution >= 4 is 23.9 Å². The van der Waals surface area contributed by atoms with Crippen LogP contribution in [0.5, 0.6) is 0 Å². The molecule has 0 radical (unpaired) electrons. The molecule has 0 amide bonds. The summed E-state index contributed by atoms with van der Waals surface area (Å²) < 4.78 is 5.17. The highest BCUT2D eigenvalue weighted by atomic mass is 16.6. The molecule has 0 aromatic rings. The van der Waals surface area contributed by atoms with Crippen molar-refractivity contribution in [1.29, 1.82) is 0 Å². The fourth-order valence-corrected chi connectivity index (χ4v) is 6.71. The molecule has 0 fully saturated rings. The number of hydrogen-bond donors (Lipinski definition) is 2. The maximum Gasteiger partial charge on any atom is 0.331 e. The lowest BCUT2D eigenvalue weighted by Crippen LogP contribution is -2.46. The second kappa shape index (κ2) is 29.0. The van der Waals surface area contributed by atoms with Gasteiger partial charge < -0.3 is 14.9 Å². The zero-order chi connectivity index (χ0) is 35.2. The molecule has 7 heteroatoms. The molecule has 2 unspecified atom stereocenters. The molecule has 0 aromatic carbocycles. The van der Waals surface area contributed by atoms with E-state index in [4.69, 9.17) is 4.74 Å². The van der Waals surface area contributed by atoms with Crippen molar-refractivity contribution < 1.29 is 34.1 Å². The van der Waals surface area contributed by atoms with E-state index in [-0.39, 0.29) is 25.7 Å². The molecule has 276 valence electrons. The third-order valence-electron chi connectivity index (χ3n) is 10.4. The van der Waals surface area contributed by atoms with Crippen LogP contribution < -0.4 is 0 Å². The van der Waals surface area contributed by atoms with Crippen LogP contribution in [-0.2, 0) is 23.9 Å². The van der Waals surface area contributed by atoms with Crippen molar-refractivity contribution in [2.75, 3.05) is 0 Å². The first-order valence-electron chi connectivity index (χ1n) is 19.9. The summed E-state index contributed by atoms with van der Waals surface area (Å²) in [4.78, 5) is 51.2. The number of rotatable bonds is 34. The number of carboxylic acids is 2. The van der Waals surface area contributed by atoms with Crippen molar-refractivity contribution in [1.82, 2.24) is 0 Å². The van der Waals surface area contributed by atoms with Crippen LogP contribution in [0.4, 0.5) is 0 Å². The number of carbonyl (C=O) groups excluding carboxylic acids is 2. The first kappa shape index (κ1) is 45.1. The number of aliphatic carboxylic acids is 2. The van der Waals surface area contributed by atoms with Gasteiger partial charge in [-0.1, -0.05) is 195 Å². The summed E-state index contributed by atoms with van der Waals surface area (Å²) in [6.45, 7) is 7.69. The van der Waals surface area contributed by atoms with E-state index in [1.807, 2.05) is 0 Å². The van der Waals surface area contributed by atoms with E-state index >= 15 is 0 Å². The summed E-state index contributed by atoms with van der Waals surface area (Å²) in [6.07, 6.45) is 30.0. The molecule has 0 aliphatic rings. The first-order chi connectivity index (χ1) is 22.7. The Bertz CT molecular complexity index is 759. The van der Waals surface area contributed by atoms with Crippen LogP contribution in [0.15, 0.2) is 0 Å². The van der Waals surface area contributed by atoms with E-state index in [1.165, 1.54) is 103 Å². The standard InChI is InChI=1S/C40H74O7/c1-5-9-11-13-15-17-19-21-23-25-27-29-31-33-39(7-3,35(41)42)37(45)47-38(46)40(8-4,36(43)44)34-32-30-28-26-24-22-20-18-16-14-12-10-6-2/h5-34H2,1-4H3,(H,41,42)(H,43,44). The van der Waals surface area contributed by atoms with Crippen LogP contribution in [0.3, 0.4) is 0 Å². The van der Waals surface area contributed by atoms with Gasteiger partial charge in [-0.05, 0) is 25.7 Å². The summed E-state index contributed by atoms with van der Waals surface area (Å²) in [6, 6.07) is 0. The van der Waals surface area contributed by atoms with Crippen LogP contribution in [0, 0.1) is 10.8 Å². The van der Waals surface area contributed by atoms with Crippen molar-refractivity contribution in [3.63, 3.8) is 0 Å². The van der Waals surface area contributed by atoms with Gasteiger partial charge in [0, 0.05) is 0 Å². The van der Waals surface area contributed by atoms with Gasteiger partial charge >= 0.3 is 23.9 Å². The summed E-state index contributed by atoms with van der Waals surface area (Å²) >= 11 is 0. The smallest absolute Gasteiger partial charge is 0.331 e. The zero-order valence-electron chi connectivity index (χ0n) is 31.1. The number of ether oxygens (including phenoxy) is 1. The molecule has 0 bridgehead atoms. The molecule has 0 spiro atoms. The molecule has 0 rings (SSSR count). The van der Waals surface area contributed by atoms with Crippen LogP contribution in [0.25, 0.3) is 0 Å². The molecule has 0 aromatic heterocycles. The summed E-state index contributed by atoms with van der Waals surface area (Å²) in [5, 5.41) is 20.1. The van der Waals surface area contributed by atoms with Crippen LogP contribution in [0.1, 0.15) is 220 Å². The number of unbranched alkanes of at least 4 members (excludes halogenated alkanes) is 24. The highest BCUT2D eigenvalue weighted by Gasteiger charge is 2.51. The average molecular weight is 667 g/mol. The van der Waals surface area contributed by atoms with Crippen LogP contribution in [0.2, 0.25) is 0 Å². The fourth-order valence-electron chi connectivity index (χ4n) is 6.71. The molecule has 0 saturated heterocycles. The average Bonchev–Trinajstić information content (AvgIpc) is 3.05. The molecule has 2 atom stereocenters.